The maximum atomic E-state index is 13.4. The molecule has 0 bridgehead atoms. The van der Waals surface area contributed by atoms with Crippen molar-refractivity contribution in [1.29, 1.82) is 0 Å². The zero-order valence-corrected chi connectivity index (χ0v) is 23.5. The highest BCUT2D eigenvalue weighted by Crippen LogP contribution is 2.29. The Morgan fingerprint density at radius 1 is 0.950 bits per heavy atom. The first-order valence-corrected chi connectivity index (χ1v) is 13.8. The summed E-state index contributed by atoms with van der Waals surface area (Å²) in [6.07, 6.45) is 4.84. The van der Waals surface area contributed by atoms with Gasteiger partial charge in [-0.3, -0.25) is 9.69 Å². The fraction of sp³-hybridized carbons (Fsp3) is 0.312. The number of rotatable bonds is 10. The standard InChI is InChI=1S/C32H37N5O3/c1-24-10-11-26(18-31(24)40-30-8-5-4-6-9-30)32(38)34-27-19-28(21-29(20-27)37-22-25(2)33-23-37)36-15-13-35(14-16-36)12-7-17-39-3/h4-6,8-11,18-23H,7,12-17H2,1-3H3,(H,34,38). The monoisotopic (exact) mass is 539 g/mol. The molecule has 1 fully saturated rings. The van der Waals surface area contributed by atoms with Crippen molar-refractivity contribution in [2.24, 2.45) is 0 Å². The summed E-state index contributed by atoms with van der Waals surface area (Å²) in [4.78, 5) is 22.7. The van der Waals surface area contributed by atoms with Gasteiger partial charge in [0.1, 0.15) is 11.5 Å². The van der Waals surface area contributed by atoms with Crippen molar-refractivity contribution in [1.82, 2.24) is 14.5 Å². The van der Waals surface area contributed by atoms with Crippen LogP contribution in [0.2, 0.25) is 0 Å². The zero-order chi connectivity index (χ0) is 27.9. The van der Waals surface area contributed by atoms with Gasteiger partial charge in [-0.15, -0.1) is 0 Å². The highest BCUT2D eigenvalue weighted by Gasteiger charge is 2.19. The van der Waals surface area contributed by atoms with Crippen LogP contribution < -0.4 is 15.0 Å². The largest absolute Gasteiger partial charge is 0.457 e. The van der Waals surface area contributed by atoms with Crippen LogP contribution in [0.5, 0.6) is 11.5 Å². The third-order valence-corrected chi connectivity index (χ3v) is 7.15. The molecule has 0 saturated carbocycles. The van der Waals surface area contributed by atoms with Gasteiger partial charge in [-0.2, -0.15) is 0 Å². The molecule has 1 N–H and O–H groups in total. The predicted molar refractivity (Wildman–Crippen MR) is 159 cm³/mol. The number of carbonyl (C=O) groups is 1. The van der Waals surface area contributed by atoms with Gasteiger partial charge in [0.25, 0.3) is 5.91 Å². The number of hydrogen-bond donors (Lipinski definition) is 1. The summed E-state index contributed by atoms with van der Waals surface area (Å²) in [6.45, 7) is 9.61. The Balaban J connectivity index is 1.36. The van der Waals surface area contributed by atoms with Gasteiger partial charge in [0.15, 0.2) is 0 Å². The van der Waals surface area contributed by atoms with E-state index in [4.69, 9.17) is 9.47 Å². The zero-order valence-electron chi connectivity index (χ0n) is 23.5. The Kier molecular flexibility index (Phi) is 8.78. The minimum absolute atomic E-state index is 0.189. The second-order valence-corrected chi connectivity index (χ2v) is 10.2. The highest BCUT2D eigenvalue weighted by atomic mass is 16.5. The summed E-state index contributed by atoms with van der Waals surface area (Å²) in [5.74, 6) is 1.20. The lowest BCUT2D eigenvalue weighted by Crippen LogP contribution is -2.46. The third kappa shape index (κ3) is 6.89. The average Bonchev–Trinajstić information content (AvgIpc) is 3.41. The van der Waals surface area contributed by atoms with E-state index in [1.165, 1.54) is 0 Å². The number of aromatic nitrogens is 2. The Bertz CT molecular complexity index is 1430. The first-order chi connectivity index (χ1) is 19.5. The van der Waals surface area contributed by atoms with E-state index >= 15 is 0 Å². The van der Waals surface area contributed by atoms with Gasteiger partial charge in [0.2, 0.25) is 0 Å². The molecule has 0 spiro atoms. The van der Waals surface area contributed by atoms with Crippen LogP contribution in [0.15, 0.2) is 79.3 Å². The van der Waals surface area contributed by atoms with Crippen molar-refractivity contribution in [2.75, 3.05) is 56.7 Å². The lowest BCUT2D eigenvalue weighted by atomic mass is 10.1. The normalized spacial score (nSPS) is 13.8. The van der Waals surface area contributed by atoms with E-state index in [1.807, 2.05) is 73.1 Å². The first-order valence-electron chi connectivity index (χ1n) is 13.8. The fourth-order valence-electron chi connectivity index (χ4n) is 4.89. The van der Waals surface area contributed by atoms with E-state index < -0.39 is 0 Å². The molecule has 5 rings (SSSR count). The molecule has 1 aromatic heterocycles. The van der Waals surface area contributed by atoms with E-state index in [-0.39, 0.29) is 5.91 Å². The molecule has 4 aromatic rings. The number of para-hydroxylation sites is 1. The van der Waals surface area contributed by atoms with Crippen LogP contribution in [-0.2, 0) is 4.74 Å². The van der Waals surface area contributed by atoms with E-state index in [2.05, 4.69) is 32.2 Å². The Morgan fingerprint density at radius 3 is 2.45 bits per heavy atom. The third-order valence-electron chi connectivity index (χ3n) is 7.15. The molecule has 1 aliphatic heterocycles. The number of nitrogens with zero attached hydrogens (tertiary/aromatic N) is 4. The predicted octanol–water partition coefficient (Wildman–Crippen LogP) is 5.69. The van der Waals surface area contributed by atoms with Gasteiger partial charge in [-0.25, -0.2) is 4.98 Å². The van der Waals surface area contributed by atoms with E-state index in [0.29, 0.717) is 11.3 Å². The van der Waals surface area contributed by atoms with Crippen LogP contribution in [0, 0.1) is 13.8 Å². The molecule has 2 heterocycles. The van der Waals surface area contributed by atoms with Gasteiger partial charge in [0.05, 0.1) is 17.7 Å². The van der Waals surface area contributed by atoms with Crippen molar-refractivity contribution < 1.29 is 14.3 Å². The van der Waals surface area contributed by atoms with Crippen LogP contribution in [0.4, 0.5) is 11.4 Å². The summed E-state index contributed by atoms with van der Waals surface area (Å²) >= 11 is 0. The Labute approximate surface area is 236 Å². The van der Waals surface area contributed by atoms with Gasteiger partial charge in [0, 0.05) is 69.6 Å². The van der Waals surface area contributed by atoms with Crippen molar-refractivity contribution in [3.05, 3.63) is 96.1 Å². The number of methoxy groups -OCH3 is 1. The van der Waals surface area contributed by atoms with Gasteiger partial charge < -0.3 is 24.3 Å². The summed E-state index contributed by atoms with van der Waals surface area (Å²) in [7, 11) is 1.75. The van der Waals surface area contributed by atoms with Crippen molar-refractivity contribution >= 4 is 17.3 Å². The number of anilines is 2. The fourth-order valence-corrected chi connectivity index (χ4v) is 4.89. The summed E-state index contributed by atoms with van der Waals surface area (Å²) in [6, 6.07) is 21.3. The van der Waals surface area contributed by atoms with E-state index in [9.17, 15) is 4.79 Å². The average molecular weight is 540 g/mol. The number of amides is 1. The second-order valence-electron chi connectivity index (χ2n) is 10.2. The molecule has 0 radical (unpaired) electrons. The molecule has 1 saturated heterocycles. The molecule has 8 heteroatoms. The van der Waals surface area contributed by atoms with E-state index in [0.717, 1.165) is 79.8 Å². The SMILES string of the molecule is COCCCN1CCN(c2cc(NC(=O)c3ccc(C)c(Oc4ccccc4)c3)cc(-n3cnc(C)c3)c2)CC1. The lowest BCUT2D eigenvalue weighted by Gasteiger charge is -2.36. The molecule has 1 aliphatic rings. The number of aryl methyl sites for hydroxylation is 2. The molecule has 208 valence electrons. The number of benzene rings is 3. The van der Waals surface area contributed by atoms with Gasteiger partial charge in [-0.05, 0) is 68.3 Å². The smallest absolute Gasteiger partial charge is 0.255 e. The van der Waals surface area contributed by atoms with E-state index in [1.54, 1.807) is 19.5 Å². The van der Waals surface area contributed by atoms with Gasteiger partial charge >= 0.3 is 0 Å². The summed E-state index contributed by atoms with van der Waals surface area (Å²) in [5.41, 5.74) is 5.19. The minimum Gasteiger partial charge on any atom is -0.457 e. The van der Waals surface area contributed by atoms with Crippen LogP contribution >= 0.6 is 0 Å². The number of hydrogen-bond acceptors (Lipinski definition) is 6. The molecule has 0 aliphatic carbocycles. The molecule has 0 atom stereocenters. The van der Waals surface area contributed by atoms with Crippen molar-refractivity contribution in [2.45, 2.75) is 20.3 Å². The number of nitrogens with one attached hydrogen (secondary N) is 1. The maximum Gasteiger partial charge on any atom is 0.255 e. The number of piperazine rings is 1. The molecular formula is C32H37N5O3. The molecule has 40 heavy (non-hydrogen) atoms. The topological polar surface area (TPSA) is 71.9 Å². The second kappa shape index (κ2) is 12.8. The summed E-state index contributed by atoms with van der Waals surface area (Å²) in [5, 5.41) is 3.13. The van der Waals surface area contributed by atoms with Crippen LogP contribution in [-0.4, -0.2) is 66.8 Å². The lowest BCUT2D eigenvalue weighted by molar-refractivity contribution is 0.102. The van der Waals surface area contributed by atoms with Crippen LogP contribution in [0.1, 0.15) is 28.0 Å². The maximum absolute atomic E-state index is 13.4. The van der Waals surface area contributed by atoms with Crippen LogP contribution in [0.25, 0.3) is 5.69 Å². The number of imidazole rings is 1. The van der Waals surface area contributed by atoms with Gasteiger partial charge in [-0.1, -0.05) is 24.3 Å². The van der Waals surface area contributed by atoms with Crippen molar-refractivity contribution in [3.8, 4) is 17.2 Å². The minimum atomic E-state index is -0.189. The quantitative estimate of drug-likeness (QED) is 0.261. The first kappa shape index (κ1) is 27.4. The molecule has 8 nitrogen and oxygen atoms in total. The number of ether oxygens (including phenoxy) is 2. The summed E-state index contributed by atoms with van der Waals surface area (Å²) < 4.78 is 13.3. The van der Waals surface area contributed by atoms with Crippen molar-refractivity contribution in [3.63, 3.8) is 0 Å². The highest BCUT2D eigenvalue weighted by molar-refractivity contribution is 6.05. The van der Waals surface area contributed by atoms with Crippen LogP contribution in [0.3, 0.4) is 0 Å². The molecular weight excluding hydrogens is 502 g/mol. The molecule has 0 unspecified atom stereocenters. The molecule has 3 aromatic carbocycles. The number of carbonyl (C=O) groups excluding carboxylic acids is 1. The Hall–Kier alpha value is -4.14. The Morgan fingerprint density at radius 2 is 1.73 bits per heavy atom. The molecule has 1 amide bonds.